The number of benzene rings is 3. The first-order valence-electron chi connectivity index (χ1n) is 23.6. The Kier molecular flexibility index (Phi) is 17.4. The number of amides is 5. The zero-order valence-corrected chi connectivity index (χ0v) is 41.9. The third-order valence-electron chi connectivity index (χ3n) is 12.5. The highest BCUT2D eigenvalue weighted by molar-refractivity contribution is 7.13. The van der Waals surface area contributed by atoms with Crippen molar-refractivity contribution >= 4 is 80.6 Å². The molecule has 71 heavy (non-hydrogen) atoms. The number of aryl methyl sites for hydroxylation is 1. The number of hydrogen-bond acceptors (Lipinski definition) is 13. The number of rotatable bonds is 19. The van der Waals surface area contributed by atoms with E-state index in [2.05, 4.69) is 47.7 Å². The zero-order chi connectivity index (χ0) is 50.8. The Morgan fingerprint density at radius 3 is 2.45 bits per heavy atom. The molecule has 0 saturated carbocycles. The van der Waals surface area contributed by atoms with Gasteiger partial charge in [0, 0.05) is 82.2 Å². The highest BCUT2D eigenvalue weighted by Crippen LogP contribution is 2.35. The fourth-order valence-electron chi connectivity index (χ4n) is 8.56. The number of carbonyl (C=O) groups excluding carboxylic acids is 5. The Balaban J connectivity index is 0.838. The molecule has 5 aromatic rings. The average molecular weight is 1010 g/mol. The monoisotopic (exact) mass is 1010 g/mol. The number of fused-ring (bicyclic) bond motifs is 1. The van der Waals surface area contributed by atoms with Gasteiger partial charge in [-0.2, -0.15) is 0 Å². The molecule has 2 aliphatic heterocycles. The SMILES string of the molecule is C=CC(=O)Nc1cc2c(Nc3ccc(F)c(Cl)c3)ncnc2cc1OCCCN1CCN(C(=O)CCCC(=O)N[C@H](C(=O)N2C[C@H](O)C[C@H]2C(=O)NCc2ccc(-c3scnc3C)cc2)C(C)(C)C)CC1. The molecule has 5 N–H and O–H groups in total. The van der Waals surface area contributed by atoms with Gasteiger partial charge in [-0.25, -0.2) is 19.3 Å². The van der Waals surface area contributed by atoms with Crippen molar-refractivity contribution in [1.82, 2.24) is 40.3 Å². The lowest BCUT2D eigenvalue weighted by Crippen LogP contribution is -2.57. The number of piperazine rings is 1. The number of hydrogen-bond donors (Lipinski definition) is 5. The molecule has 2 aliphatic rings. The molecule has 2 fully saturated rings. The maximum atomic E-state index is 14.1. The maximum Gasteiger partial charge on any atom is 0.247 e. The molecule has 3 atom stereocenters. The predicted molar refractivity (Wildman–Crippen MR) is 272 cm³/mol. The number of aliphatic hydroxyl groups is 1. The van der Waals surface area contributed by atoms with E-state index < -0.39 is 41.2 Å². The van der Waals surface area contributed by atoms with Gasteiger partial charge in [0.25, 0.3) is 0 Å². The first-order valence-corrected chi connectivity index (χ1v) is 24.8. The second-order valence-electron chi connectivity index (χ2n) is 18.8. The summed E-state index contributed by atoms with van der Waals surface area (Å²) in [6.45, 7) is 14.6. The molecular formula is C51H60ClFN10O7S. The molecule has 5 amide bonds. The third-order valence-corrected chi connectivity index (χ3v) is 13.7. The van der Waals surface area contributed by atoms with E-state index in [-0.39, 0.29) is 55.1 Å². The van der Waals surface area contributed by atoms with Gasteiger partial charge >= 0.3 is 0 Å². The van der Waals surface area contributed by atoms with Crippen LogP contribution in [0.25, 0.3) is 21.3 Å². The first kappa shape index (κ1) is 52.3. The summed E-state index contributed by atoms with van der Waals surface area (Å²) in [5, 5.41) is 22.9. The van der Waals surface area contributed by atoms with Crippen LogP contribution in [-0.4, -0.2) is 128 Å². The second kappa shape index (κ2) is 23.6. The molecule has 0 unspecified atom stereocenters. The fraction of sp³-hybridized carbons (Fsp3) is 0.412. The number of aromatic nitrogens is 3. The quantitative estimate of drug-likeness (QED) is 0.0437. The molecule has 0 bridgehead atoms. The molecule has 7 rings (SSSR count). The molecule has 0 radical (unpaired) electrons. The average Bonchev–Trinajstić information content (AvgIpc) is 3.97. The molecule has 3 aromatic carbocycles. The minimum absolute atomic E-state index is 0.0315. The molecule has 17 nitrogen and oxygen atoms in total. The number of carbonyl (C=O) groups is 5. The number of ether oxygens (including phenoxy) is 1. The lowest BCUT2D eigenvalue weighted by atomic mass is 9.85. The van der Waals surface area contributed by atoms with Crippen molar-refractivity contribution in [2.24, 2.45) is 5.41 Å². The Hall–Kier alpha value is -6.54. The summed E-state index contributed by atoms with van der Waals surface area (Å²) in [6.07, 6.45) is 2.88. The Labute approximate surface area is 421 Å². The van der Waals surface area contributed by atoms with E-state index in [1.54, 1.807) is 33.9 Å². The number of thiazole rings is 1. The lowest BCUT2D eigenvalue weighted by Gasteiger charge is -2.35. The standard InChI is InChI=1S/C51H60ClFN10O7S/c1-6-43(65)59-40-25-36-39(55-29-56-48(36)58-34-15-16-38(53)37(52)23-34)26-42(40)70-22-8-17-61-18-20-62(21-19-61)45(67)10-7-9-44(66)60-47(51(3,4)5)50(69)63-28-35(64)24-41(63)49(68)54-27-32-11-13-33(14-12-32)46-31(2)57-30-71-46/h6,11-16,23,25-26,29-30,35,41,47,64H,1,7-10,17-22,24,27-28H2,2-5H3,(H,54,68)(H,59,65)(H,60,66)(H,55,56,58)/t35-,41+,47-/m1/s1. The van der Waals surface area contributed by atoms with Gasteiger partial charge in [-0.1, -0.05) is 63.2 Å². The minimum Gasteiger partial charge on any atom is -0.491 e. The van der Waals surface area contributed by atoms with Crippen molar-refractivity contribution in [2.75, 3.05) is 56.5 Å². The van der Waals surface area contributed by atoms with Gasteiger partial charge in [0.1, 0.15) is 35.8 Å². The van der Waals surface area contributed by atoms with Crippen molar-refractivity contribution < 1.29 is 38.2 Å². The molecule has 376 valence electrons. The fourth-order valence-corrected chi connectivity index (χ4v) is 9.55. The number of likely N-dealkylation sites (tertiary alicyclic amines) is 1. The third kappa shape index (κ3) is 13.7. The predicted octanol–water partition coefficient (Wildman–Crippen LogP) is 6.61. The van der Waals surface area contributed by atoms with E-state index in [0.717, 1.165) is 27.8 Å². The number of halogens is 2. The van der Waals surface area contributed by atoms with E-state index in [4.69, 9.17) is 16.3 Å². The summed E-state index contributed by atoms with van der Waals surface area (Å²) in [5.74, 6) is -1.42. The van der Waals surface area contributed by atoms with E-state index in [9.17, 15) is 33.5 Å². The van der Waals surface area contributed by atoms with Crippen LogP contribution < -0.4 is 26.0 Å². The summed E-state index contributed by atoms with van der Waals surface area (Å²) in [5.41, 5.74) is 5.40. The van der Waals surface area contributed by atoms with Crippen LogP contribution in [0.3, 0.4) is 0 Å². The van der Waals surface area contributed by atoms with Crippen molar-refractivity contribution in [3.8, 4) is 16.2 Å². The zero-order valence-electron chi connectivity index (χ0n) is 40.3. The Morgan fingerprint density at radius 2 is 1.76 bits per heavy atom. The normalized spacial score (nSPS) is 16.6. The largest absolute Gasteiger partial charge is 0.491 e. The van der Waals surface area contributed by atoms with Crippen LogP contribution in [0.15, 0.2) is 79.1 Å². The van der Waals surface area contributed by atoms with Crippen LogP contribution in [-0.2, 0) is 30.5 Å². The van der Waals surface area contributed by atoms with Crippen LogP contribution in [0.1, 0.15) is 64.1 Å². The van der Waals surface area contributed by atoms with E-state index in [1.807, 2.05) is 52.0 Å². The lowest BCUT2D eigenvalue weighted by molar-refractivity contribution is -0.144. The van der Waals surface area contributed by atoms with E-state index in [0.29, 0.717) is 86.0 Å². The Morgan fingerprint density at radius 1 is 1.00 bits per heavy atom. The number of nitrogens with zero attached hydrogens (tertiary/aromatic N) is 6. The maximum absolute atomic E-state index is 14.1. The van der Waals surface area contributed by atoms with Crippen LogP contribution in [0.4, 0.5) is 21.6 Å². The molecule has 2 saturated heterocycles. The van der Waals surface area contributed by atoms with Gasteiger partial charge in [0.05, 0.1) is 45.0 Å². The van der Waals surface area contributed by atoms with Crippen molar-refractivity contribution in [3.05, 3.63) is 101 Å². The minimum atomic E-state index is -0.971. The van der Waals surface area contributed by atoms with Crippen LogP contribution in [0.2, 0.25) is 5.02 Å². The van der Waals surface area contributed by atoms with Gasteiger partial charge in [0.15, 0.2) is 0 Å². The van der Waals surface area contributed by atoms with Crippen molar-refractivity contribution in [2.45, 2.75) is 84.5 Å². The van der Waals surface area contributed by atoms with E-state index >= 15 is 0 Å². The van der Waals surface area contributed by atoms with Gasteiger partial charge in [-0.15, -0.1) is 11.3 Å². The summed E-state index contributed by atoms with van der Waals surface area (Å²) < 4.78 is 19.9. The highest BCUT2D eigenvalue weighted by Gasteiger charge is 2.44. The van der Waals surface area contributed by atoms with Gasteiger partial charge in [-0.05, 0) is 66.6 Å². The second-order valence-corrected chi connectivity index (χ2v) is 20.0. The highest BCUT2D eigenvalue weighted by atomic mass is 35.5. The molecule has 0 aliphatic carbocycles. The summed E-state index contributed by atoms with van der Waals surface area (Å²) in [4.78, 5) is 86.1. The summed E-state index contributed by atoms with van der Waals surface area (Å²) in [6, 6.07) is 13.6. The topological polar surface area (TPSA) is 211 Å². The molecule has 4 heterocycles. The molecule has 0 spiro atoms. The van der Waals surface area contributed by atoms with E-state index in [1.165, 1.54) is 29.4 Å². The smallest absolute Gasteiger partial charge is 0.247 e. The van der Waals surface area contributed by atoms with Gasteiger partial charge < -0.3 is 40.9 Å². The number of anilines is 3. The van der Waals surface area contributed by atoms with Gasteiger partial charge in [-0.3, -0.25) is 28.9 Å². The van der Waals surface area contributed by atoms with Crippen molar-refractivity contribution in [3.63, 3.8) is 0 Å². The summed E-state index contributed by atoms with van der Waals surface area (Å²) >= 11 is 7.54. The molecule has 20 heteroatoms. The number of β-amino-alcohol motifs (C(OH)–C–C–N with tert-alkyl or cyclic N) is 1. The number of aliphatic hydroxyl groups excluding tert-OH is 1. The molecular weight excluding hydrogens is 951 g/mol. The van der Waals surface area contributed by atoms with Crippen LogP contribution in [0, 0.1) is 18.2 Å². The van der Waals surface area contributed by atoms with Crippen LogP contribution >= 0.6 is 22.9 Å². The summed E-state index contributed by atoms with van der Waals surface area (Å²) in [7, 11) is 0. The Bertz CT molecular complexity index is 2740. The number of nitrogens with one attached hydrogen (secondary N) is 4. The van der Waals surface area contributed by atoms with Crippen LogP contribution in [0.5, 0.6) is 5.75 Å². The molecule has 2 aromatic heterocycles. The van der Waals surface area contributed by atoms with Crippen molar-refractivity contribution in [1.29, 1.82) is 0 Å². The van der Waals surface area contributed by atoms with Gasteiger partial charge in [0.2, 0.25) is 29.5 Å². The first-order chi connectivity index (χ1) is 34.0.